The summed E-state index contributed by atoms with van der Waals surface area (Å²) in [6, 6.07) is 9.61. The molecule has 3 aromatic rings. The number of hydrogen-bond acceptors (Lipinski definition) is 6. The standard InChI is InChI=1S/C14H15N5O/c1-9-17-14(19-20-9)6-7-16-13-5-2-10-8-11(15)3-4-12(10)18-13/h2-5,8H,6-7,15H2,1H3,(H,16,18). The van der Waals surface area contributed by atoms with Crippen LogP contribution in [0.3, 0.4) is 0 Å². The highest BCUT2D eigenvalue weighted by atomic mass is 16.5. The van der Waals surface area contributed by atoms with Gasteiger partial charge < -0.3 is 15.6 Å². The minimum absolute atomic E-state index is 0.585. The normalized spacial score (nSPS) is 10.8. The molecule has 2 heterocycles. The Morgan fingerprint density at radius 1 is 1.20 bits per heavy atom. The van der Waals surface area contributed by atoms with Crippen LogP contribution in [0.25, 0.3) is 10.9 Å². The van der Waals surface area contributed by atoms with E-state index in [0.717, 1.165) is 22.4 Å². The van der Waals surface area contributed by atoms with Gasteiger partial charge >= 0.3 is 0 Å². The lowest BCUT2D eigenvalue weighted by Crippen LogP contribution is -2.07. The first kappa shape index (κ1) is 12.4. The number of benzene rings is 1. The van der Waals surface area contributed by atoms with Gasteiger partial charge in [-0.15, -0.1) is 0 Å². The summed E-state index contributed by atoms with van der Waals surface area (Å²) in [6.07, 6.45) is 0.693. The topological polar surface area (TPSA) is 89.9 Å². The first-order valence-electron chi connectivity index (χ1n) is 6.40. The van der Waals surface area contributed by atoms with E-state index < -0.39 is 0 Å². The van der Waals surface area contributed by atoms with Crippen LogP contribution in [-0.2, 0) is 6.42 Å². The summed E-state index contributed by atoms with van der Waals surface area (Å²) in [5.74, 6) is 2.10. The van der Waals surface area contributed by atoms with Crippen molar-refractivity contribution in [3.8, 4) is 0 Å². The Morgan fingerprint density at radius 3 is 2.90 bits per heavy atom. The van der Waals surface area contributed by atoms with E-state index in [4.69, 9.17) is 10.3 Å². The molecule has 3 N–H and O–H groups in total. The Kier molecular flexibility index (Phi) is 3.20. The van der Waals surface area contributed by atoms with Gasteiger partial charge in [0, 0.05) is 31.0 Å². The Hall–Kier alpha value is -2.63. The number of anilines is 2. The maximum absolute atomic E-state index is 5.74. The molecule has 0 saturated carbocycles. The summed E-state index contributed by atoms with van der Waals surface area (Å²) < 4.78 is 4.92. The van der Waals surface area contributed by atoms with Crippen molar-refractivity contribution in [2.24, 2.45) is 0 Å². The molecule has 2 aromatic heterocycles. The molecule has 0 radical (unpaired) electrons. The average molecular weight is 269 g/mol. The number of aryl methyl sites for hydroxylation is 1. The number of nitrogens with two attached hydrogens (primary N) is 1. The summed E-state index contributed by atoms with van der Waals surface area (Å²) in [6.45, 7) is 2.48. The van der Waals surface area contributed by atoms with E-state index in [1.807, 2.05) is 30.3 Å². The van der Waals surface area contributed by atoms with Gasteiger partial charge in [-0.1, -0.05) is 5.16 Å². The Labute approximate surface area is 116 Å². The van der Waals surface area contributed by atoms with Gasteiger partial charge in [-0.2, -0.15) is 4.98 Å². The highest BCUT2D eigenvalue weighted by Gasteiger charge is 2.02. The van der Waals surface area contributed by atoms with Crippen LogP contribution in [0, 0.1) is 6.92 Å². The van der Waals surface area contributed by atoms with Crippen LogP contribution in [0.1, 0.15) is 11.7 Å². The van der Waals surface area contributed by atoms with Crippen LogP contribution in [-0.4, -0.2) is 21.7 Å². The predicted octanol–water partition coefficient (Wildman–Crippen LogP) is 2.16. The Balaban J connectivity index is 1.67. The molecule has 6 heteroatoms. The van der Waals surface area contributed by atoms with Crippen LogP contribution in [0.2, 0.25) is 0 Å². The molecule has 0 unspecified atom stereocenters. The van der Waals surface area contributed by atoms with E-state index in [0.29, 0.717) is 24.7 Å². The molecule has 1 aromatic carbocycles. The van der Waals surface area contributed by atoms with E-state index in [1.54, 1.807) is 6.92 Å². The highest BCUT2D eigenvalue weighted by Crippen LogP contribution is 2.17. The number of nitrogen functional groups attached to an aromatic ring is 1. The van der Waals surface area contributed by atoms with Crippen LogP contribution in [0.15, 0.2) is 34.9 Å². The second kappa shape index (κ2) is 5.16. The van der Waals surface area contributed by atoms with Crippen molar-refractivity contribution >= 4 is 22.4 Å². The number of nitrogens with zero attached hydrogens (tertiary/aromatic N) is 3. The molecular weight excluding hydrogens is 254 g/mol. The molecule has 0 aliphatic rings. The molecule has 0 saturated heterocycles. The molecule has 0 amide bonds. The van der Waals surface area contributed by atoms with Gasteiger partial charge in [0.15, 0.2) is 5.82 Å². The van der Waals surface area contributed by atoms with E-state index in [1.165, 1.54) is 0 Å². The summed E-state index contributed by atoms with van der Waals surface area (Å²) in [5, 5.41) is 8.12. The SMILES string of the molecule is Cc1nc(CCNc2ccc3cc(N)ccc3n2)no1. The predicted molar refractivity (Wildman–Crippen MR) is 77.4 cm³/mol. The third kappa shape index (κ3) is 2.69. The Bertz CT molecular complexity index is 737. The molecule has 0 aliphatic carbocycles. The maximum Gasteiger partial charge on any atom is 0.223 e. The number of pyridine rings is 1. The van der Waals surface area contributed by atoms with Gasteiger partial charge in [0.25, 0.3) is 0 Å². The summed E-state index contributed by atoms with van der Waals surface area (Å²) in [4.78, 5) is 8.67. The monoisotopic (exact) mass is 269 g/mol. The fourth-order valence-electron chi connectivity index (χ4n) is 1.99. The van der Waals surface area contributed by atoms with Crippen LogP contribution in [0.5, 0.6) is 0 Å². The van der Waals surface area contributed by atoms with Crippen molar-refractivity contribution in [2.75, 3.05) is 17.6 Å². The van der Waals surface area contributed by atoms with E-state index >= 15 is 0 Å². The van der Waals surface area contributed by atoms with Gasteiger partial charge in [-0.3, -0.25) is 0 Å². The molecule has 102 valence electrons. The van der Waals surface area contributed by atoms with Gasteiger partial charge in [0.05, 0.1) is 5.52 Å². The fraction of sp³-hybridized carbons (Fsp3) is 0.214. The van der Waals surface area contributed by atoms with Crippen molar-refractivity contribution in [3.63, 3.8) is 0 Å². The molecule has 6 nitrogen and oxygen atoms in total. The molecule has 0 atom stereocenters. The van der Waals surface area contributed by atoms with E-state index in [2.05, 4.69) is 20.4 Å². The van der Waals surface area contributed by atoms with E-state index in [9.17, 15) is 0 Å². The molecule has 0 fully saturated rings. The minimum atomic E-state index is 0.585. The smallest absolute Gasteiger partial charge is 0.223 e. The van der Waals surface area contributed by atoms with Crippen molar-refractivity contribution in [2.45, 2.75) is 13.3 Å². The maximum atomic E-state index is 5.74. The minimum Gasteiger partial charge on any atom is -0.399 e. The molecular formula is C14H15N5O. The van der Waals surface area contributed by atoms with Crippen LogP contribution < -0.4 is 11.1 Å². The first-order valence-corrected chi connectivity index (χ1v) is 6.40. The largest absolute Gasteiger partial charge is 0.399 e. The summed E-state index contributed by atoms with van der Waals surface area (Å²) in [7, 11) is 0. The molecule has 0 aliphatic heterocycles. The zero-order chi connectivity index (χ0) is 13.9. The highest BCUT2D eigenvalue weighted by molar-refractivity contribution is 5.83. The average Bonchev–Trinajstić information content (AvgIpc) is 2.85. The number of aromatic nitrogens is 3. The van der Waals surface area contributed by atoms with Crippen LogP contribution in [0.4, 0.5) is 11.5 Å². The van der Waals surface area contributed by atoms with E-state index in [-0.39, 0.29) is 0 Å². The van der Waals surface area contributed by atoms with Gasteiger partial charge in [-0.05, 0) is 30.3 Å². The van der Waals surface area contributed by atoms with Crippen LogP contribution >= 0.6 is 0 Å². The fourth-order valence-corrected chi connectivity index (χ4v) is 1.99. The number of hydrogen-bond donors (Lipinski definition) is 2. The molecule has 0 bridgehead atoms. The van der Waals surface area contributed by atoms with Crippen molar-refractivity contribution in [1.29, 1.82) is 0 Å². The lowest BCUT2D eigenvalue weighted by Gasteiger charge is -2.05. The molecule has 20 heavy (non-hydrogen) atoms. The van der Waals surface area contributed by atoms with Crippen molar-refractivity contribution in [3.05, 3.63) is 42.0 Å². The van der Waals surface area contributed by atoms with Gasteiger partial charge in [0.2, 0.25) is 5.89 Å². The Morgan fingerprint density at radius 2 is 2.10 bits per heavy atom. The summed E-state index contributed by atoms with van der Waals surface area (Å²) >= 11 is 0. The van der Waals surface area contributed by atoms with Crippen molar-refractivity contribution < 1.29 is 4.52 Å². The number of rotatable bonds is 4. The van der Waals surface area contributed by atoms with Crippen molar-refractivity contribution in [1.82, 2.24) is 15.1 Å². The molecule has 0 spiro atoms. The zero-order valence-electron chi connectivity index (χ0n) is 11.1. The molecule has 3 rings (SSSR count). The van der Waals surface area contributed by atoms with Gasteiger partial charge in [-0.25, -0.2) is 4.98 Å². The summed E-state index contributed by atoms with van der Waals surface area (Å²) in [5.41, 5.74) is 7.40. The lowest BCUT2D eigenvalue weighted by molar-refractivity contribution is 0.387. The second-order valence-corrected chi connectivity index (χ2v) is 4.56. The second-order valence-electron chi connectivity index (χ2n) is 4.56. The number of nitrogens with one attached hydrogen (secondary N) is 1. The zero-order valence-corrected chi connectivity index (χ0v) is 11.1. The quantitative estimate of drug-likeness (QED) is 0.705. The lowest BCUT2D eigenvalue weighted by atomic mass is 10.2. The number of fused-ring (bicyclic) bond motifs is 1. The third-order valence-electron chi connectivity index (χ3n) is 2.94. The van der Waals surface area contributed by atoms with Gasteiger partial charge in [0.1, 0.15) is 5.82 Å². The third-order valence-corrected chi connectivity index (χ3v) is 2.94. The first-order chi connectivity index (χ1) is 9.70.